The molecule has 1 aromatic carbocycles. The predicted octanol–water partition coefficient (Wildman–Crippen LogP) is 5.01. The minimum atomic E-state index is -0.0333. The summed E-state index contributed by atoms with van der Waals surface area (Å²) < 4.78 is 13.7. The van der Waals surface area contributed by atoms with Crippen molar-refractivity contribution in [2.75, 3.05) is 6.54 Å². The smallest absolute Gasteiger partial charge is 0.126 e. The van der Waals surface area contributed by atoms with Crippen LogP contribution in [0.25, 0.3) is 0 Å². The number of benzene rings is 1. The van der Waals surface area contributed by atoms with Crippen molar-refractivity contribution in [1.29, 1.82) is 0 Å². The van der Waals surface area contributed by atoms with Crippen molar-refractivity contribution in [2.45, 2.75) is 65.3 Å². The summed E-state index contributed by atoms with van der Waals surface area (Å²) in [5.74, 6) is -0.0333. The maximum Gasteiger partial charge on any atom is 0.126 e. The van der Waals surface area contributed by atoms with Crippen LogP contribution in [0.3, 0.4) is 0 Å². The molecular weight excluding hydrogens is 249 g/mol. The van der Waals surface area contributed by atoms with Crippen LogP contribution in [0.15, 0.2) is 18.2 Å². The molecule has 0 aliphatic heterocycles. The molecule has 1 nitrogen and oxygen atoms in total. The second kappa shape index (κ2) is 6.71. The first-order valence-electron chi connectivity index (χ1n) is 8.04. The summed E-state index contributed by atoms with van der Waals surface area (Å²) in [6, 6.07) is 5.83. The van der Waals surface area contributed by atoms with Crippen LogP contribution in [0.1, 0.15) is 70.0 Å². The van der Waals surface area contributed by atoms with Gasteiger partial charge in [0.15, 0.2) is 0 Å². The fraction of sp³-hybridized carbons (Fsp3) is 0.667. The Balaban J connectivity index is 1.88. The largest absolute Gasteiger partial charge is 0.309 e. The quantitative estimate of drug-likeness (QED) is 0.691. The second-order valence-corrected chi connectivity index (χ2v) is 6.90. The van der Waals surface area contributed by atoms with E-state index < -0.39 is 0 Å². The molecule has 1 unspecified atom stereocenters. The van der Waals surface area contributed by atoms with Gasteiger partial charge in [0.2, 0.25) is 0 Å². The first-order chi connectivity index (χ1) is 9.53. The van der Waals surface area contributed by atoms with Crippen LogP contribution in [-0.4, -0.2) is 6.54 Å². The molecule has 2 heteroatoms. The zero-order valence-corrected chi connectivity index (χ0v) is 13.1. The number of halogens is 1. The second-order valence-electron chi connectivity index (χ2n) is 6.90. The van der Waals surface area contributed by atoms with Crippen molar-refractivity contribution in [3.8, 4) is 0 Å². The highest BCUT2D eigenvalue weighted by molar-refractivity contribution is 5.35. The molecule has 1 N–H and O–H groups in total. The van der Waals surface area contributed by atoms with E-state index >= 15 is 0 Å². The topological polar surface area (TPSA) is 12.0 Å². The molecule has 0 aromatic heterocycles. The lowest BCUT2D eigenvalue weighted by Crippen LogP contribution is -2.31. The Bertz CT molecular complexity index is 439. The monoisotopic (exact) mass is 277 g/mol. The highest BCUT2D eigenvalue weighted by atomic mass is 19.1. The first-order valence-corrected chi connectivity index (χ1v) is 8.04. The van der Waals surface area contributed by atoms with Gasteiger partial charge in [-0.2, -0.15) is 0 Å². The highest BCUT2D eigenvalue weighted by Gasteiger charge is 2.26. The van der Waals surface area contributed by atoms with E-state index in [1.807, 2.05) is 6.07 Å². The van der Waals surface area contributed by atoms with Gasteiger partial charge in [-0.05, 0) is 41.9 Å². The zero-order chi connectivity index (χ0) is 14.6. The van der Waals surface area contributed by atoms with Gasteiger partial charge in [-0.1, -0.05) is 52.2 Å². The number of hydrogen-bond donors (Lipinski definition) is 1. The summed E-state index contributed by atoms with van der Waals surface area (Å²) in [7, 11) is 0. The molecule has 0 radical (unpaired) electrons. The summed E-state index contributed by atoms with van der Waals surface area (Å²) in [5, 5.41) is 3.67. The lowest BCUT2D eigenvalue weighted by molar-refractivity contribution is 0.287. The van der Waals surface area contributed by atoms with Crippen molar-refractivity contribution in [1.82, 2.24) is 5.32 Å². The summed E-state index contributed by atoms with van der Waals surface area (Å²) in [5.41, 5.74) is 2.42. The standard InChI is InChI=1S/C18H28FN/c1-4-5-6-12-18(2,3)13-20-17-11-10-14-15(17)8-7-9-16(14)19/h7-9,17,20H,4-6,10-13H2,1-3H3. The Hall–Kier alpha value is -0.890. The Morgan fingerprint density at radius 2 is 2.10 bits per heavy atom. The molecule has 112 valence electrons. The van der Waals surface area contributed by atoms with Crippen LogP contribution in [0.2, 0.25) is 0 Å². The van der Waals surface area contributed by atoms with E-state index in [0.29, 0.717) is 11.5 Å². The van der Waals surface area contributed by atoms with Gasteiger partial charge in [0.1, 0.15) is 5.82 Å². The van der Waals surface area contributed by atoms with Gasteiger partial charge in [-0.25, -0.2) is 4.39 Å². The lowest BCUT2D eigenvalue weighted by Gasteiger charge is -2.27. The van der Waals surface area contributed by atoms with Crippen LogP contribution < -0.4 is 5.32 Å². The number of nitrogens with one attached hydrogen (secondary N) is 1. The van der Waals surface area contributed by atoms with E-state index in [0.717, 1.165) is 24.9 Å². The Kier molecular flexibility index (Phi) is 5.20. The van der Waals surface area contributed by atoms with Crippen LogP contribution in [-0.2, 0) is 6.42 Å². The minimum Gasteiger partial charge on any atom is -0.309 e. The van der Waals surface area contributed by atoms with Gasteiger partial charge in [0, 0.05) is 12.6 Å². The molecule has 0 bridgehead atoms. The van der Waals surface area contributed by atoms with E-state index in [-0.39, 0.29) is 5.82 Å². The molecule has 1 atom stereocenters. The maximum atomic E-state index is 13.7. The van der Waals surface area contributed by atoms with Crippen LogP contribution in [0.4, 0.5) is 4.39 Å². The Morgan fingerprint density at radius 3 is 2.85 bits per heavy atom. The molecule has 0 heterocycles. The fourth-order valence-electron chi connectivity index (χ4n) is 3.16. The van der Waals surface area contributed by atoms with Crippen LogP contribution in [0.5, 0.6) is 0 Å². The molecule has 1 aliphatic carbocycles. The van der Waals surface area contributed by atoms with Gasteiger partial charge < -0.3 is 5.32 Å². The minimum absolute atomic E-state index is 0.0333. The Labute approximate surface area is 123 Å². The molecule has 0 saturated heterocycles. The summed E-state index contributed by atoms with van der Waals surface area (Å²) >= 11 is 0. The van der Waals surface area contributed by atoms with Crippen molar-refractivity contribution in [3.05, 3.63) is 35.1 Å². The predicted molar refractivity (Wildman–Crippen MR) is 83.4 cm³/mol. The molecule has 1 aromatic rings. The van der Waals surface area contributed by atoms with Crippen molar-refractivity contribution >= 4 is 0 Å². The van der Waals surface area contributed by atoms with E-state index in [1.54, 1.807) is 6.07 Å². The van der Waals surface area contributed by atoms with Gasteiger partial charge in [-0.3, -0.25) is 0 Å². The zero-order valence-electron chi connectivity index (χ0n) is 13.1. The highest BCUT2D eigenvalue weighted by Crippen LogP contribution is 2.33. The van der Waals surface area contributed by atoms with Crippen molar-refractivity contribution in [3.63, 3.8) is 0 Å². The van der Waals surface area contributed by atoms with Gasteiger partial charge in [0.05, 0.1) is 0 Å². The summed E-state index contributed by atoms with van der Waals surface area (Å²) in [4.78, 5) is 0. The fourth-order valence-corrected chi connectivity index (χ4v) is 3.16. The number of fused-ring (bicyclic) bond motifs is 1. The molecule has 20 heavy (non-hydrogen) atoms. The van der Waals surface area contributed by atoms with E-state index in [1.165, 1.54) is 31.2 Å². The maximum absolute atomic E-state index is 13.7. The van der Waals surface area contributed by atoms with Crippen LogP contribution >= 0.6 is 0 Å². The normalized spacial score (nSPS) is 18.3. The van der Waals surface area contributed by atoms with Gasteiger partial charge >= 0.3 is 0 Å². The molecule has 0 saturated carbocycles. The number of rotatable bonds is 7. The Morgan fingerprint density at radius 1 is 1.30 bits per heavy atom. The number of unbranched alkanes of at least 4 members (excludes halogenated alkanes) is 2. The van der Waals surface area contributed by atoms with E-state index in [9.17, 15) is 4.39 Å². The van der Waals surface area contributed by atoms with E-state index in [4.69, 9.17) is 0 Å². The SMILES string of the molecule is CCCCCC(C)(C)CNC1CCc2c(F)cccc21. The molecular formula is C18H28FN. The number of hydrogen-bond acceptors (Lipinski definition) is 1. The first kappa shape index (κ1) is 15.5. The third-order valence-corrected chi connectivity index (χ3v) is 4.50. The summed E-state index contributed by atoms with van der Waals surface area (Å²) in [6.45, 7) is 7.92. The average molecular weight is 277 g/mol. The third kappa shape index (κ3) is 3.82. The third-order valence-electron chi connectivity index (χ3n) is 4.50. The average Bonchev–Trinajstić information content (AvgIpc) is 2.81. The van der Waals surface area contributed by atoms with Crippen molar-refractivity contribution < 1.29 is 4.39 Å². The molecule has 1 aliphatic rings. The molecule has 0 amide bonds. The van der Waals surface area contributed by atoms with Crippen LogP contribution in [0, 0.1) is 11.2 Å². The molecule has 0 fully saturated rings. The molecule has 0 spiro atoms. The van der Waals surface area contributed by atoms with E-state index in [2.05, 4.69) is 32.2 Å². The van der Waals surface area contributed by atoms with Gasteiger partial charge in [0.25, 0.3) is 0 Å². The van der Waals surface area contributed by atoms with Crippen molar-refractivity contribution in [2.24, 2.45) is 5.41 Å². The van der Waals surface area contributed by atoms with Gasteiger partial charge in [-0.15, -0.1) is 0 Å². The lowest BCUT2D eigenvalue weighted by atomic mass is 9.86. The molecule has 2 rings (SSSR count). The summed E-state index contributed by atoms with van der Waals surface area (Å²) in [6.07, 6.45) is 7.06.